The fraction of sp³-hybridized carbons (Fsp3) is 0.261. The molecule has 0 aliphatic rings. The van der Waals surface area contributed by atoms with Crippen molar-refractivity contribution in [2.75, 3.05) is 0 Å². The third-order valence-corrected chi connectivity index (χ3v) is 8.98. The SMILES string of the molecule is Cc1ccc2nc(CCC(=O)O)sc2c1SCc1sc(-c2ccc(C(F)(F)F)c(F)c2)nc1C. The number of carboxylic acid groups (broad SMARTS) is 1. The summed E-state index contributed by atoms with van der Waals surface area (Å²) in [4.78, 5) is 21.9. The lowest BCUT2D eigenvalue weighted by Crippen LogP contribution is -2.07. The molecule has 0 aliphatic carbocycles. The minimum absolute atomic E-state index is 0.0225. The highest BCUT2D eigenvalue weighted by atomic mass is 32.2. The van der Waals surface area contributed by atoms with Crippen LogP contribution < -0.4 is 0 Å². The van der Waals surface area contributed by atoms with Gasteiger partial charge in [-0.2, -0.15) is 13.2 Å². The molecular formula is C23H18F4N2O2S3. The Bertz CT molecular complexity index is 1380. The maximum absolute atomic E-state index is 14.0. The van der Waals surface area contributed by atoms with E-state index in [2.05, 4.69) is 9.97 Å². The first-order chi connectivity index (χ1) is 16.0. The molecule has 4 nitrogen and oxygen atoms in total. The molecule has 0 spiro atoms. The van der Waals surface area contributed by atoms with Gasteiger partial charge in [0.1, 0.15) is 10.8 Å². The van der Waals surface area contributed by atoms with Crippen molar-refractivity contribution in [1.82, 2.24) is 9.97 Å². The number of aryl methyl sites for hydroxylation is 3. The molecule has 34 heavy (non-hydrogen) atoms. The third kappa shape index (κ3) is 5.26. The van der Waals surface area contributed by atoms with Crippen molar-refractivity contribution < 1.29 is 27.5 Å². The van der Waals surface area contributed by atoms with Gasteiger partial charge in [-0.3, -0.25) is 4.79 Å². The maximum Gasteiger partial charge on any atom is 0.419 e. The molecule has 4 rings (SSSR count). The smallest absolute Gasteiger partial charge is 0.419 e. The van der Waals surface area contributed by atoms with Gasteiger partial charge in [0.05, 0.1) is 32.9 Å². The molecule has 2 aromatic heterocycles. The van der Waals surface area contributed by atoms with Crippen molar-refractivity contribution in [2.24, 2.45) is 0 Å². The Morgan fingerprint density at radius 1 is 1.12 bits per heavy atom. The summed E-state index contributed by atoms with van der Waals surface area (Å²) < 4.78 is 53.6. The van der Waals surface area contributed by atoms with Gasteiger partial charge >= 0.3 is 12.1 Å². The number of hydrogen-bond donors (Lipinski definition) is 1. The summed E-state index contributed by atoms with van der Waals surface area (Å²) in [6, 6.07) is 6.75. The molecule has 4 aromatic rings. The van der Waals surface area contributed by atoms with Crippen molar-refractivity contribution in [3.8, 4) is 10.6 Å². The number of carbonyl (C=O) groups is 1. The molecule has 1 N–H and O–H groups in total. The number of fused-ring (bicyclic) bond motifs is 1. The summed E-state index contributed by atoms with van der Waals surface area (Å²) in [5.74, 6) is -1.61. The van der Waals surface area contributed by atoms with Gasteiger partial charge in [0.2, 0.25) is 0 Å². The lowest BCUT2D eigenvalue weighted by molar-refractivity contribution is -0.140. The largest absolute Gasteiger partial charge is 0.481 e. The topological polar surface area (TPSA) is 63.1 Å². The second-order valence-electron chi connectivity index (χ2n) is 7.57. The summed E-state index contributed by atoms with van der Waals surface area (Å²) in [6.07, 6.45) is -4.35. The van der Waals surface area contributed by atoms with Crippen LogP contribution in [0.5, 0.6) is 0 Å². The molecule has 0 saturated heterocycles. The van der Waals surface area contributed by atoms with Crippen molar-refractivity contribution >= 4 is 50.6 Å². The number of thiazole rings is 2. The number of aliphatic carboxylic acids is 1. The molecule has 0 aliphatic heterocycles. The van der Waals surface area contributed by atoms with Crippen molar-refractivity contribution in [3.63, 3.8) is 0 Å². The average molecular weight is 527 g/mol. The molecule has 178 valence electrons. The van der Waals surface area contributed by atoms with E-state index in [1.807, 2.05) is 26.0 Å². The fourth-order valence-corrected chi connectivity index (χ4v) is 6.95. The van der Waals surface area contributed by atoms with E-state index < -0.39 is 23.5 Å². The number of alkyl halides is 3. The number of aromatic nitrogens is 2. The number of benzene rings is 2. The van der Waals surface area contributed by atoms with Crippen LogP contribution in [-0.4, -0.2) is 21.0 Å². The van der Waals surface area contributed by atoms with Crippen LogP contribution in [0.2, 0.25) is 0 Å². The predicted octanol–water partition coefficient (Wildman–Crippen LogP) is 7.50. The second-order valence-corrected chi connectivity index (χ2v) is 10.7. The summed E-state index contributed by atoms with van der Waals surface area (Å²) in [5, 5.41) is 10.2. The monoisotopic (exact) mass is 526 g/mol. The molecule has 0 saturated carbocycles. The lowest BCUT2D eigenvalue weighted by Gasteiger charge is -2.08. The highest BCUT2D eigenvalue weighted by molar-refractivity contribution is 7.99. The molecule has 0 atom stereocenters. The first-order valence-corrected chi connectivity index (χ1v) is 12.7. The first-order valence-electron chi connectivity index (χ1n) is 10.1. The molecule has 0 fully saturated rings. The Morgan fingerprint density at radius 2 is 1.88 bits per heavy atom. The van der Waals surface area contributed by atoms with Gasteiger partial charge in [0, 0.05) is 27.5 Å². The average Bonchev–Trinajstić information content (AvgIpc) is 3.34. The highest BCUT2D eigenvalue weighted by Crippen LogP contribution is 2.40. The fourth-order valence-electron chi connectivity index (χ4n) is 3.31. The number of thioether (sulfide) groups is 1. The van der Waals surface area contributed by atoms with E-state index in [4.69, 9.17) is 5.11 Å². The highest BCUT2D eigenvalue weighted by Gasteiger charge is 2.34. The number of carboxylic acids is 1. The number of hydrogen-bond acceptors (Lipinski definition) is 6. The molecule has 0 amide bonds. The molecule has 0 bridgehead atoms. The van der Waals surface area contributed by atoms with Gasteiger partial charge in [-0.1, -0.05) is 12.1 Å². The summed E-state index contributed by atoms with van der Waals surface area (Å²) in [5.41, 5.74) is 1.64. The van der Waals surface area contributed by atoms with E-state index >= 15 is 0 Å². The molecule has 0 radical (unpaired) electrons. The van der Waals surface area contributed by atoms with E-state index in [-0.39, 0.29) is 6.42 Å². The minimum Gasteiger partial charge on any atom is -0.481 e. The Morgan fingerprint density at radius 3 is 2.56 bits per heavy atom. The maximum atomic E-state index is 14.0. The second kappa shape index (κ2) is 9.63. The van der Waals surface area contributed by atoms with Crippen molar-refractivity contribution in [3.05, 3.63) is 62.9 Å². The lowest BCUT2D eigenvalue weighted by atomic mass is 10.1. The van der Waals surface area contributed by atoms with Gasteiger partial charge in [-0.15, -0.1) is 34.4 Å². The van der Waals surface area contributed by atoms with Gasteiger partial charge < -0.3 is 5.11 Å². The van der Waals surface area contributed by atoms with E-state index in [9.17, 15) is 22.4 Å². The van der Waals surface area contributed by atoms with Gasteiger partial charge in [0.15, 0.2) is 0 Å². The quantitative estimate of drug-likeness (QED) is 0.200. The van der Waals surface area contributed by atoms with Crippen LogP contribution in [0.25, 0.3) is 20.8 Å². The molecule has 11 heteroatoms. The van der Waals surface area contributed by atoms with E-state index in [0.717, 1.165) is 48.4 Å². The zero-order chi connectivity index (χ0) is 24.6. The van der Waals surface area contributed by atoms with E-state index in [1.165, 1.54) is 28.7 Å². The van der Waals surface area contributed by atoms with Crippen LogP contribution in [0.3, 0.4) is 0 Å². The van der Waals surface area contributed by atoms with Crippen LogP contribution in [0.15, 0.2) is 35.2 Å². The minimum atomic E-state index is -4.74. The van der Waals surface area contributed by atoms with E-state index in [1.54, 1.807) is 11.8 Å². The summed E-state index contributed by atoms with van der Waals surface area (Å²) >= 11 is 4.41. The number of nitrogens with zero attached hydrogens (tertiary/aromatic N) is 2. The number of rotatable bonds is 7. The van der Waals surface area contributed by atoms with Crippen LogP contribution in [-0.2, 0) is 23.1 Å². The zero-order valence-electron chi connectivity index (χ0n) is 18.0. The van der Waals surface area contributed by atoms with Gasteiger partial charge in [0.25, 0.3) is 0 Å². The summed E-state index contributed by atoms with van der Waals surface area (Å²) in [7, 11) is 0. The van der Waals surface area contributed by atoms with Gasteiger partial charge in [-0.25, -0.2) is 14.4 Å². The third-order valence-electron chi connectivity index (χ3n) is 5.07. The standard InChI is InChI=1S/C23H18F4N2O2S3/c1-11-3-6-16-21(34-18(29-16)7-8-19(30)31)20(11)32-10-17-12(2)28-22(33-17)13-4-5-14(15(24)9-13)23(25,26)27/h3-6,9H,7-8,10H2,1-2H3,(H,30,31). The first kappa shape index (κ1) is 24.6. The van der Waals surface area contributed by atoms with Crippen LogP contribution >= 0.6 is 34.4 Å². The van der Waals surface area contributed by atoms with Gasteiger partial charge in [-0.05, 0) is 37.6 Å². The van der Waals surface area contributed by atoms with Crippen LogP contribution in [0.1, 0.15) is 33.1 Å². The van der Waals surface area contributed by atoms with Crippen molar-refractivity contribution in [2.45, 2.75) is 43.5 Å². The normalized spacial score (nSPS) is 11.9. The van der Waals surface area contributed by atoms with E-state index in [0.29, 0.717) is 22.7 Å². The number of halogens is 4. The van der Waals surface area contributed by atoms with Crippen molar-refractivity contribution in [1.29, 1.82) is 0 Å². The Balaban J connectivity index is 1.56. The summed E-state index contributed by atoms with van der Waals surface area (Å²) in [6.45, 7) is 3.81. The zero-order valence-corrected chi connectivity index (χ0v) is 20.4. The molecular weight excluding hydrogens is 508 g/mol. The molecule has 2 heterocycles. The predicted molar refractivity (Wildman–Crippen MR) is 127 cm³/mol. The Kier molecular flexibility index (Phi) is 6.97. The van der Waals surface area contributed by atoms with Crippen LogP contribution in [0, 0.1) is 19.7 Å². The Labute approximate surface area is 204 Å². The molecule has 2 aromatic carbocycles. The molecule has 0 unspecified atom stereocenters. The Hall–Kier alpha value is -2.50. The van der Waals surface area contributed by atoms with Crippen LogP contribution in [0.4, 0.5) is 17.6 Å².